The van der Waals surface area contributed by atoms with E-state index in [-0.39, 0.29) is 0 Å². The summed E-state index contributed by atoms with van der Waals surface area (Å²) in [6, 6.07) is 8.01. The molecule has 82 valence electrons. The van der Waals surface area contributed by atoms with Crippen molar-refractivity contribution in [1.29, 1.82) is 0 Å². The zero-order valence-electron chi connectivity index (χ0n) is 9.17. The number of nitrogens with zero attached hydrogens (tertiary/aromatic N) is 2. The lowest BCUT2D eigenvalue weighted by Crippen LogP contribution is -1.91. The molecule has 1 N–H and O–H groups in total. The molecule has 0 radical (unpaired) electrons. The molecule has 3 rings (SSSR count). The van der Waals surface area contributed by atoms with Gasteiger partial charge in [-0.25, -0.2) is 0 Å². The fraction of sp³-hybridized carbons (Fsp3) is 0. The minimum Gasteiger partial charge on any atom is -0.361 e. The molecule has 0 amide bonds. The fourth-order valence-electron chi connectivity index (χ4n) is 1.89. The van der Waals surface area contributed by atoms with E-state index in [1.54, 1.807) is 18.6 Å². The first kappa shape index (κ1) is 9.78. The third kappa shape index (κ3) is 1.83. The molecular weight excluding hydrogens is 210 g/mol. The van der Waals surface area contributed by atoms with Gasteiger partial charge >= 0.3 is 0 Å². The predicted molar refractivity (Wildman–Crippen MR) is 68.7 cm³/mol. The summed E-state index contributed by atoms with van der Waals surface area (Å²) in [6.07, 6.45) is 11.3. The molecule has 3 heterocycles. The van der Waals surface area contributed by atoms with Crippen LogP contribution in [-0.4, -0.2) is 16.2 Å². The first-order valence-electron chi connectivity index (χ1n) is 5.44. The maximum Gasteiger partial charge on any atom is 0.0729 e. The molecule has 0 aromatic carbocycles. The van der Waals surface area contributed by atoms with E-state index in [0.29, 0.717) is 0 Å². The topological polar surface area (TPSA) is 41.0 Å². The van der Waals surface area contributed by atoms with Crippen molar-refractivity contribution in [2.75, 3.05) is 0 Å². The monoisotopic (exact) mass is 221 g/mol. The number of pyridine rings is 1. The van der Waals surface area contributed by atoms with Crippen LogP contribution in [-0.2, 0) is 0 Å². The van der Waals surface area contributed by atoms with Gasteiger partial charge in [-0.05, 0) is 42.0 Å². The Morgan fingerprint density at radius 1 is 1.12 bits per heavy atom. The van der Waals surface area contributed by atoms with Crippen LogP contribution < -0.4 is 0 Å². The summed E-state index contributed by atoms with van der Waals surface area (Å²) in [4.78, 5) is 11.6. The average Bonchev–Trinajstić information content (AvgIpc) is 3.04. The summed E-state index contributed by atoms with van der Waals surface area (Å²) >= 11 is 0. The number of H-pyrrole nitrogens is 1. The van der Waals surface area contributed by atoms with E-state index in [1.807, 2.05) is 42.6 Å². The van der Waals surface area contributed by atoms with Gasteiger partial charge in [-0.15, -0.1) is 0 Å². The largest absolute Gasteiger partial charge is 0.361 e. The third-order valence-corrected chi connectivity index (χ3v) is 2.65. The molecule has 0 saturated heterocycles. The van der Waals surface area contributed by atoms with E-state index < -0.39 is 0 Å². The zero-order valence-corrected chi connectivity index (χ0v) is 9.17. The first-order chi connectivity index (χ1) is 8.45. The molecule has 2 aromatic heterocycles. The number of hydrogen-bond donors (Lipinski definition) is 1. The van der Waals surface area contributed by atoms with E-state index in [4.69, 9.17) is 0 Å². The summed E-state index contributed by atoms with van der Waals surface area (Å²) in [5.41, 5.74) is 4.25. The lowest BCUT2D eigenvalue weighted by atomic mass is 10.0. The Morgan fingerprint density at radius 2 is 2.00 bits per heavy atom. The summed E-state index contributed by atoms with van der Waals surface area (Å²) in [6.45, 7) is 0. The highest BCUT2D eigenvalue weighted by Crippen LogP contribution is 2.27. The van der Waals surface area contributed by atoms with Crippen LogP contribution in [0.5, 0.6) is 0 Å². The Kier molecular flexibility index (Phi) is 2.43. The van der Waals surface area contributed by atoms with Gasteiger partial charge in [0.15, 0.2) is 0 Å². The highest BCUT2D eigenvalue weighted by molar-refractivity contribution is 5.87. The molecular formula is C14H11N3. The van der Waals surface area contributed by atoms with Crippen molar-refractivity contribution in [3.05, 3.63) is 72.0 Å². The molecule has 17 heavy (non-hydrogen) atoms. The van der Waals surface area contributed by atoms with E-state index in [9.17, 15) is 0 Å². The molecule has 1 aliphatic heterocycles. The lowest BCUT2D eigenvalue weighted by Gasteiger charge is -2.07. The first-order valence-corrected chi connectivity index (χ1v) is 5.44. The number of aromatic amines is 1. The SMILES string of the molecule is C1=C/C(=C(\c2ccncc2)c2ccc[nH]2)N=C1. The van der Waals surface area contributed by atoms with Gasteiger partial charge in [-0.1, -0.05) is 0 Å². The molecule has 1 aliphatic rings. The molecule has 0 unspecified atom stereocenters. The number of hydrogen-bond acceptors (Lipinski definition) is 2. The minimum atomic E-state index is 0.971. The van der Waals surface area contributed by atoms with Crippen molar-refractivity contribution < 1.29 is 0 Å². The van der Waals surface area contributed by atoms with Gasteiger partial charge in [-0.2, -0.15) is 0 Å². The Bertz CT molecular complexity index is 576. The van der Waals surface area contributed by atoms with Crippen LogP contribution in [0.2, 0.25) is 0 Å². The zero-order chi connectivity index (χ0) is 11.5. The van der Waals surface area contributed by atoms with Crippen molar-refractivity contribution in [2.45, 2.75) is 0 Å². The Labute approximate surface area is 99.3 Å². The standard InChI is InChI=1S/C14H11N3/c1-3-12(16-7-1)14(13-4-2-8-17-13)11-5-9-15-10-6-11/h1-10,16H/b14-13-. The van der Waals surface area contributed by atoms with Crippen LogP contribution in [0.1, 0.15) is 11.3 Å². The summed E-state index contributed by atoms with van der Waals surface area (Å²) < 4.78 is 0. The quantitative estimate of drug-likeness (QED) is 0.832. The van der Waals surface area contributed by atoms with E-state index >= 15 is 0 Å². The minimum absolute atomic E-state index is 0.971. The number of rotatable bonds is 2. The second-order valence-electron chi connectivity index (χ2n) is 3.72. The number of nitrogens with one attached hydrogen (secondary N) is 1. The smallest absolute Gasteiger partial charge is 0.0729 e. The van der Waals surface area contributed by atoms with Crippen LogP contribution in [0.3, 0.4) is 0 Å². The van der Waals surface area contributed by atoms with E-state index in [1.165, 1.54) is 0 Å². The normalized spacial score (nSPS) is 16.5. The fourth-order valence-corrected chi connectivity index (χ4v) is 1.89. The van der Waals surface area contributed by atoms with Gasteiger partial charge < -0.3 is 4.98 Å². The van der Waals surface area contributed by atoms with Crippen LogP contribution in [0.15, 0.2) is 65.7 Å². The van der Waals surface area contributed by atoms with Crippen molar-refractivity contribution in [1.82, 2.24) is 9.97 Å². The van der Waals surface area contributed by atoms with Crippen molar-refractivity contribution in [3.8, 4) is 0 Å². The van der Waals surface area contributed by atoms with Gasteiger partial charge in [0.25, 0.3) is 0 Å². The predicted octanol–water partition coefficient (Wildman–Crippen LogP) is 2.81. The Hall–Kier alpha value is -2.42. The van der Waals surface area contributed by atoms with Gasteiger partial charge in [-0.3, -0.25) is 9.98 Å². The summed E-state index contributed by atoms with van der Waals surface area (Å²) in [5.74, 6) is 0. The second kappa shape index (κ2) is 4.22. The van der Waals surface area contributed by atoms with Crippen molar-refractivity contribution in [2.24, 2.45) is 4.99 Å². The molecule has 0 atom stereocenters. The molecule has 3 heteroatoms. The molecule has 0 bridgehead atoms. The molecule has 3 nitrogen and oxygen atoms in total. The number of allylic oxidation sites excluding steroid dienone is 2. The molecule has 2 aromatic rings. The van der Waals surface area contributed by atoms with Gasteiger partial charge in [0.05, 0.1) is 5.70 Å². The lowest BCUT2D eigenvalue weighted by molar-refractivity contribution is 1.28. The van der Waals surface area contributed by atoms with Crippen LogP contribution in [0.4, 0.5) is 0 Å². The van der Waals surface area contributed by atoms with Crippen molar-refractivity contribution in [3.63, 3.8) is 0 Å². The number of aromatic nitrogens is 2. The maximum atomic E-state index is 4.37. The molecule has 0 aliphatic carbocycles. The molecule has 0 spiro atoms. The third-order valence-electron chi connectivity index (χ3n) is 2.65. The summed E-state index contributed by atoms with van der Waals surface area (Å²) in [7, 11) is 0. The second-order valence-corrected chi connectivity index (χ2v) is 3.72. The van der Waals surface area contributed by atoms with Crippen molar-refractivity contribution >= 4 is 11.8 Å². The number of aliphatic imine (C=N–C) groups is 1. The summed E-state index contributed by atoms with van der Waals surface area (Å²) in [5, 5.41) is 0. The van der Waals surface area contributed by atoms with E-state index in [2.05, 4.69) is 15.0 Å². The average molecular weight is 221 g/mol. The maximum absolute atomic E-state index is 4.37. The van der Waals surface area contributed by atoms with E-state index in [0.717, 1.165) is 22.5 Å². The highest BCUT2D eigenvalue weighted by atomic mass is 14.8. The Balaban J connectivity index is 2.20. The van der Waals surface area contributed by atoms with Gasteiger partial charge in [0.2, 0.25) is 0 Å². The molecule has 0 fully saturated rings. The van der Waals surface area contributed by atoms with Gasteiger partial charge in [0.1, 0.15) is 0 Å². The van der Waals surface area contributed by atoms with Gasteiger partial charge in [0, 0.05) is 36.1 Å². The van der Waals surface area contributed by atoms with Crippen LogP contribution in [0, 0.1) is 0 Å². The molecule has 0 saturated carbocycles. The Morgan fingerprint density at radius 3 is 2.65 bits per heavy atom. The van der Waals surface area contributed by atoms with Crippen LogP contribution >= 0.6 is 0 Å². The van der Waals surface area contributed by atoms with Crippen LogP contribution in [0.25, 0.3) is 5.57 Å². The highest BCUT2D eigenvalue weighted by Gasteiger charge is 2.11.